The van der Waals surface area contributed by atoms with Crippen molar-refractivity contribution in [1.29, 1.82) is 0 Å². The van der Waals surface area contributed by atoms with E-state index in [2.05, 4.69) is 0 Å². The van der Waals surface area contributed by atoms with Crippen LogP contribution in [0.25, 0.3) is 0 Å². The van der Waals surface area contributed by atoms with Crippen molar-refractivity contribution >= 4 is 23.0 Å². The van der Waals surface area contributed by atoms with Crippen LogP contribution in [0, 0.1) is 0 Å². The van der Waals surface area contributed by atoms with Crippen molar-refractivity contribution in [2.45, 2.75) is 31.2 Å². The van der Waals surface area contributed by atoms with Crippen LogP contribution in [0.2, 0.25) is 0 Å². The molecule has 1 aliphatic carbocycles. The highest BCUT2D eigenvalue weighted by Crippen LogP contribution is 2.56. The molecule has 0 saturated heterocycles. The number of hydrogen-bond donors (Lipinski definition) is 2. The molecule has 5 rings (SSSR count). The predicted molar refractivity (Wildman–Crippen MR) is 134 cm³/mol. The van der Waals surface area contributed by atoms with Crippen molar-refractivity contribution < 1.29 is 14.6 Å². The van der Waals surface area contributed by atoms with E-state index in [1.807, 2.05) is 60.7 Å². The average molecular weight is 454 g/mol. The van der Waals surface area contributed by atoms with E-state index in [0.717, 1.165) is 47.4 Å². The van der Waals surface area contributed by atoms with E-state index in [1.165, 1.54) is 6.20 Å². The second-order valence-electron chi connectivity index (χ2n) is 8.76. The Morgan fingerprint density at radius 3 is 2.50 bits per heavy atom. The number of para-hydroxylation sites is 1. The van der Waals surface area contributed by atoms with Gasteiger partial charge in [0.25, 0.3) is 0 Å². The fourth-order valence-corrected chi connectivity index (χ4v) is 4.90. The Labute approximate surface area is 199 Å². The molecule has 1 fully saturated rings. The van der Waals surface area contributed by atoms with Crippen molar-refractivity contribution in [1.82, 2.24) is 0 Å². The lowest BCUT2D eigenvalue weighted by molar-refractivity contribution is -0.126. The molecule has 1 heterocycles. The number of nitrogens with two attached hydrogens (primary N) is 1. The molecular formula is C28H27N3O3. The second-order valence-corrected chi connectivity index (χ2v) is 8.76. The molecule has 0 radical (unpaired) electrons. The molecule has 0 bridgehead atoms. The summed E-state index contributed by atoms with van der Waals surface area (Å²) >= 11 is 0. The van der Waals surface area contributed by atoms with Gasteiger partial charge in [-0.25, -0.2) is 4.99 Å². The highest BCUT2D eigenvalue weighted by atomic mass is 16.5. The predicted octanol–water partition coefficient (Wildman–Crippen LogP) is 4.96. The highest BCUT2D eigenvalue weighted by molar-refractivity contribution is 6.14. The summed E-state index contributed by atoms with van der Waals surface area (Å²) in [6.07, 6.45) is 5.69. The molecule has 6 heteroatoms. The summed E-state index contributed by atoms with van der Waals surface area (Å²) in [5, 5.41) is 11.2. The standard InChI is InChI=1S/C28H27N3O3/c1-34-22-10-8-19(9-11-22)18-31-26-23(28(27(31)33)13-5-14-28)16-20(17-25(26)32)24(12-15-29)30-21-6-3-2-4-7-21/h2-4,6-12,15-17,32H,5,13-14,18,29H2,1H3. The minimum absolute atomic E-state index is 0.0490. The number of carbonyl (C=O) groups excluding carboxylic acids is 1. The first-order chi connectivity index (χ1) is 16.6. The van der Waals surface area contributed by atoms with Crippen LogP contribution in [0.15, 0.2) is 84.0 Å². The minimum Gasteiger partial charge on any atom is -0.506 e. The fraction of sp³-hybridized carbons (Fsp3) is 0.214. The molecule has 0 atom stereocenters. The van der Waals surface area contributed by atoms with Gasteiger partial charge in [-0.3, -0.25) is 4.79 Å². The molecule has 0 aromatic heterocycles. The number of aromatic hydroxyl groups is 1. The molecule has 172 valence electrons. The number of methoxy groups -OCH3 is 1. The Kier molecular flexibility index (Phi) is 5.57. The molecule has 3 N–H and O–H groups in total. The number of benzene rings is 3. The van der Waals surface area contributed by atoms with E-state index in [-0.39, 0.29) is 11.7 Å². The third kappa shape index (κ3) is 3.61. The van der Waals surface area contributed by atoms with E-state index >= 15 is 0 Å². The van der Waals surface area contributed by atoms with Gasteiger partial charge >= 0.3 is 0 Å². The summed E-state index contributed by atoms with van der Waals surface area (Å²) < 4.78 is 5.25. The maximum atomic E-state index is 13.7. The van der Waals surface area contributed by atoms with Crippen LogP contribution in [0.3, 0.4) is 0 Å². The largest absolute Gasteiger partial charge is 0.506 e. The van der Waals surface area contributed by atoms with Crippen LogP contribution in [0.5, 0.6) is 11.5 Å². The normalized spacial score (nSPS) is 16.7. The zero-order valence-electron chi connectivity index (χ0n) is 19.1. The Hall–Kier alpha value is -4.06. The number of rotatable bonds is 6. The number of aliphatic imine (C=N–C) groups is 1. The van der Waals surface area contributed by atoms with Gasteiger partial charge in [0.15, 0.2) is 0 Å². The summed E-state index contributed by atoms with van der Waals surface area (Å²) in [4.78, 5) is 20.1. The van der Waals surface area contributed by atoms with Crippen LogP contribution in [-0.4, -0.2) is 23.8 Å². The summed E-state index contributed by atoms with van der Waals surface area (Å²) in [7, 11) is 1.63. The first-order valence-corrected chi connectivity index (χ1v) is 11.4. The zero-order chi connectivity index (χ0) is 23.7. The number of anilines is 1. The van der Waals surface area contributed by atoms with Crippen LogP contribution >= 0.6 is 0 Å². The van der Waals surface area contributed by atoms with Gasteiger partial charge in [0.1, 0.15) is 11.5 Å². The number of fused-ring (bicyclic) bond motifs is 2. The maximum absolute atomic E-state index is 13.7. The Morgan fingerprint density at radius 1 is 1.15 bits per heavy atom. The van der Waals surface area contributed by atoms with Gasteiger partial charge in [-0.2, -0.15) is 0 Å². The van der Waals surface area contributed by atoms with Gasteiger partial charge < -0.3 is 20.5 Å². The van der Waals surface area contributed by atoms with Crippen molar-refractivity contribution in [2.24, 2.45) is 10.7 Å². The highest BCUT2D eigenvalue weighted by Gasteiger charge is 2.55. The number of phenols is 1. The number of nitrogens with zero attached hydrogens (tertiary/aromatic N) is 2. The van der Waals surface area contributed by atoms with Crippen molar-refractivity contribution in [3.63, 3.8) is 0 Å². The van der Waals surface area contributed by atoms with Gasteiger partial charge in [0.2, 0.25) is 5.91 Å². The fourth-order valence-electron chi connectivity index (χ4n) is 4.90. The smallest absolute Gasteiger partial charge is 0.238 e. The van der Waals surface area contributed by atoms with Crippen LogP contribution in [0.4, 0.5) is 11.4 Å². The van der Waals surface area contributed by atoms with Gasteiger partial charge in [0, 0.05) is 5.56 Å². The first kappa shape index (κ1) is 21.8. The van der Waals surface area contributed by atoms with Crippen LogP contribution < -0.4 is 15.4 Å². The molecule has 1 spiro atoms. The molecule has 3 aromatic carbocycles. The van der Waals surface area contributed by atoms with Crippen molar-refractivity contribution in [2.75, 3.05) is 12.0 Å². The third-order valence-electron chi connectivity index (χ3n) is 6.79. The number of allylic oxidation sites excluding steroid dienone is 1. The topological polar surface area (TPSA) is 88.2 Å². The van der Waals surface area contributed by atoms with Gasteiger partial charge in [-0.15, -0.1) is 0 Å². The van der Waals surface area contributed by atoms with Gasteiger partial charge in [-0.1, -0.05) is 36.8 Å². The van der Waals surface area contributed by atoms with E-state index in [1.54, 1.807) is 24.2 Å². The maximum Gasteiger partial charge on any atom is 0.238 e. The number of amides is 1. The quantitative estimate of drug-likeness (QED) is 0.516. The molecule has 3 aromatic rings. The third-order valence-corrected chi connectivity index (χ3v) is 6.79. The van der Waals surface area contributed by atoms with E-state index in [0.29, 0.717) is 17.9 Å². The Balaban J connectivity index is 1.58. The number of phenolic OH excluding ortho intramolecular Hbond substituents is 1. The molecule has 34 heavy (non-hydrogen) atoms. The Morgan fingerprint density at radius 2 is 1.88 bits per heavy atom. The average Bonchev–Trinajstić information content (AvgIpc) is 3.08. The van der Waals surface area contributed by atoms with Crippen molar-refractivity contribution in [3.05, 3.63) is 95.7 Å². The lowest BCUT2D eigenvalue weighted by Gasteiger charge is -2.37. The summed E-state index contributed by atoms with van der Waals surface area (Å²) in [5.74, 6) is 0.885. The first-order valence-electron chi connectivity index (χ1n) is 11.4. The Bertz CT molecular complexity index is 1280. The summed E-state index contributed by atoms with van der Waals surface area (Å²) in [6, 6.07) is 20.9. The van der Waals surface area contributed by atoms with Gasteiger partial charge in [-0.05, 0) is 72.6 Å². The molecular weight excluding hydrogens is 426 g/mol. The van der Waals surface area contributed by atoms with Crippen LogP contribution in [0.1, 0.15) is 36.0 Å². The summed E-state index contributed by atoms with van der Waals surface area (Å²) in [6.45, 7) is 0.387. The molecule has 1 saturated carbocycles. The zero-order valence-corrected chi connectivity index (χ0v) is 19.1. The summed E-state index contributed by atoms with van der Waals surface area (Å²) in [5.41, 5.74) is 9.71. The number of hydrogen-bond acceptors (Lipinski definition) is 5. The lowest BCUT2D eigenvalue weighted by Crippen LogP contribution is -2.44. The van der Waals surface area contributed by atoms with E-state index < -0.39 is 5.41 Å². The van der Waals surface area contributed by atoms with E-state index in [9.17, 15) is 9.90 Å². The van der Waals surface area contributed by atoms with Crippen molar-refractivity contribution in [3.8, 4) is 11.5 Å². The molecule has 1 aliphatic heterocycles. The van der Waals surface area contributed by atoms with Gasteiger partial charge in [0.05, 0.1) is 36.2 Å². The lowest BCUT2D eigenvalue weighted by atomic mass is 9.65. The molecule has 6 nitrogen and oxygen atoms in total. The monoisotopic (exact) mass is 453 g/mol. The van der Waals surface area contributed by atoms with Crippen LogP contribution in [-0.2, 0) is 16.8 Å². The minimum atomic E-state index is -0.584. The molecule has 0 unspecified atom stereocenters. The molecule has 1 amide bonds. The second kappa shape index (κ2) is 8.71. The SMILES string of the molecule is COc1ccc(CN2C(=O)C3(CCC3)c3cc(C(C=CN)=Nc4ccccc4)cc(O)c32)cc1. The molecule has 2 aliphatic rings. The number of carbonyl (C=O) groups is 1. The van der Waals surface area contributed by atoms with E-state index in [4.69, 9.17) is 15.5 Å². The number of ether oxygens (including phenoxy) is 1.